The predicted molar refractivity (Wildman–Crippen MR) is 66.4 cm³/mol. The zero-order valence-corrected chi connectivity index (χ0v) is 10.9. The highest BCUT2D eigenvalue weighted by molar-refractivity contribution is 5.84. The number of hydrogen-bond acceptors (Lipinski definition) is 2. The highest BCUT2D eigenvalue weighted by Gasteiger charge is 2.52. The molecule has 17 heavy (non-hydrogen) atoms. The van der Waals surface area contributed by atoms with Crippen LogP contribution in [0.3, 0.4) is 0 Å². The lowest BCUT2D eigenvalue weighted by atomic mass is 9.62. The summed E-state index contributed by atoms with van der Waals surface area (Å²) < 4.78 is 5.85. The summed E-state index contributed by atoms with van der Waals surface area (Å²) in [6.45, 7) is 4.99. The molecule has 94 valence electrons. The molecule has 2 aliphatic carbocycles. The molecule has 0 bridgehead atoms. The molecule has 0 aromatic rings. The van der Waals surface area contributed by atoms with Crippen LogP contribution >= 0.6 is 0 Å². The number of ketones is 1. The molecule has 1 saturated carbocycles. The van der Waals surface area contributed by atoms with E-state index in [1.165, 1.54) is 24.2 Å². The van der Waals surface area contributed by atoms with Crippen molar-refractivity contribution in [3.63, 3.8) is 0 Å². The summed E-state index contributed by atoms with van der Waals surface area (Å²) in [6, 6.07) is 0. The Kier molecular flexibility index (Phi) is 2.57. The maximum absolute atomic E-state index is 12.1. The van der Waals surface area contributed by atoms with Crippen molar-refractivity contribution in [3.8, 4) is 0 Å². The molecule has 3 rings (SSSR count). The second-order valence-electron chi connectivity index (χ2n) is 6.07. The van der Waals surface area contributed by atoms with Crippen molar-refractivity contribution in [1.82, 2.24) is 0 Å². The molecule has 1 heterocycles. The average Bonchev–Trinajstić information content (AvgIpc) is 2.74. The lowest BCUT2D eigenvalue weighted by molar-refractivity contribution is -0.129. The van der Waals surface area contributed by atoms with Gasteiger partial charge in [-0.15, -0.1) is 0 Å². The number of allylic oxidation sites excluding steroid dienone is 2. The van der Waals surface area contributed by atoms with Crippen LogP contribution in [-0.4, -0.2) is 12.4 Å². The Balaban J connectivity index is 2.04. The molecular weight excluding hydrogens is 212 g/mol. The van der Waals surface area contributed by atoms with Gasteiger partial charge in [0.05, 0.1) is 12.4 Å². The molecule has 0 amide bonds. The summed E-state index contributed by atoms with van der Waals surface area (Å²) in [5, 5.41) is 0. The molecule has 2 heteroatoms. The van der Waals surface area contributed by atoms with E-state index in [4.69, 9.17) is 4.74 Å². The number of hydrogen-bond donors (Lipinski definition) is 0. The first-order valence-electron chi connectivity index (χ1n) is 7.02. The van der Waals surface area contributed by atoms with Crippen molar-refractivity contribution in [2.24, 2.45) is 17.3 Å². The molecule has 0 radical (unpaired) electrons. The summed E-state index contributed by atoms with van der Waals surface area (Å²) in [5.41, 5.74) is 1.49. The minimum absolute atomic E-state index is 0.0200. The molecule has 3 atom stereocenters. The molecule has 0 saturated heterocycles. The number of fused-ring (bicyclic) bond motifs is 2. The van der Waals surface area contributed by atoms with Gasteiger partial charge in [0.15, 0.2) is 0 Å². The number of rotatable bonds is 1. The number of ether oxygens (including phenoxy) is 1. The Hall–Kier alpha value is -0.790. The highest BCUT2D eigenvalue weighted by Crippen LogP contribution is 2.57. The Morgan fingerprint density at radius 2 is 2.18 bits per heavy atom. The molecular formula is C15H22O2. The Bertz CT molecular complexity index is 382. The summed E-state index contributed by atoms with van der Waals surface area (Å²) in [5.74, 6) is 2.79. The van der Waals surface area contributed by atoms with E-state index in [2.05, 4.69) is 6.92 Å². The number of carbonyl (C=O) groups excluding carboxylic acids is 1. The van der Waals surface area contributed by atoms with E-state index in [1.807, 2.05) is 0 Å². The van der Waals surface area contributed by atoms with Crippen molar-refractivity contribution in [1.29, 1.82) is 0 Å². The van der Waals surface area contributed by atoms with E-state index in [9.17, 15) is 4.79 Å². The van der Waals surface area contributed by atoms with E-state index in [0.717, 1.165) is 32.3 Å². The van der Waals surface area contributed by atoms with Crippen molar-refractivity contribution in [3.05, 3.63) is 11.3 Å². The smallest absolute Gasteiger partial charge is 0.136 e. The van der Waals surface area contributed by atoms with Gasteiger partial charge in [0.1, 0.15) is 5.78 Å². The molecule has 1 fully saturated rings. The predicted octanol–water partition coefficient (Wildman–Crippen LogP) is 3.47. The fourth-order valence-electron chi connectivity index (χ4n) is 4.39. The van der Waals surface area contributed by atoms with E-state index in [1.54, 1.807) is 6.92 Å². The fraction of sp³-hybridized carbons (Fsp3) is 0.800. The van der Waals surface area contributed by atoms with E-state index in [-0.39, 0.29) is 5.41 Å². The first kappa shape index (κ1) is 11.3. The van der Waals surface area contributed by atoms with Crippen molar-refractivity contribution < 1.29 is 9.53 Å². The maximum atomic E-state index is 12.1. The van der Waals surface area contributed by atoms with Crippen LogP contribution in [-0.2, 0) is 9.53 Å². The van der Waals surface area contributed by atoms with Gasteiger partial charge in [-0.05, 0) is 50.0 Å². The maximum Gasteiger partial charge on any atom is 0.136 e. The third-order valence-electron chi connectivity index (χ3n) is 5.34. The molecule has 0 aromatic heterocycles. The second kappa shape index (κ2) is 3.86. The molecule has 0 N–H and O–H groups in total. The standard InChI is InChI=1S/C15H22O2/c1-10-6-9-17-13-5-8-15(11(2)16)7-3-4-12(15)14(10)13/h10,12H,3-9H2,1-2H3/t10-,12-,15+/m1/s1. The van der Waals surface area contributed by atoms with E-state index in [0.29, 0.717) is 17.6 Å². The van der Waals surface area contributed by atoms with E-state index >= 15 is 0 Å². The normalized spacial score (nSPS) is 40.6. The molecule has 0 unspecified atom stereocenters. The van der Waals surface area contributed by atoms with Gasteiger partial charge >= 0.3 is 0 Å². The summed E-state index contributed by atoms with van der Waals surface area (Å²) in [4.78, 5) is 12.1. The highest BCUT2D eigenvalue weighted by atomic mass is 16.5. The second-order valence-corrected chi connectivity index (χ2v) is 6.07. The quantitative estimate of drug-likeness (QED) is 0.694. The van der Waals surface area contributed by atoms with Crippen LogP contribution in [0, 0.1) is 17.3 Å². The Labute approximate surface area is 103 Å². The number of carbonyl (C=O) groups is 1. The minimum Gasteiger partial charge on any atom is -0.498 e. The van der Waals surface area contributed by atoms with Gasteiger partial charge in [-0.25, -0.2) is 0 Å². The van der Waals surface area contributed by atoms with Gasteiger partial charge in [0.25, 0.3) is 0 Å². The van der Waals surface area contributed by atoms with Crippen LogP contribution in [0.25, 0.3) is 0 Å². The Morgan fingerprint density at radius 3 is 2.94 bits per heavy atom. The van der Waals surface area contributed by atoms with Crippen LogP contribution in [0.4, 0.5) is 0 Å². The molecule has 2 nitrogen and oxygen atoms in total. The van der Waals surface area contributed by atoms with Crippen LogP contribution in [0.1, 0.15) is 52.4 Å². The van der Waals surface area contributed by atoms with Gasteiger partial charge in [-0.2, -0.15) is 0 Å². The van der Waals surface area contributed by atoms with Crippen molar-refractivity contribution >= 4 is 5.78 Å². The van der Waals surface area contributed by atoms with Crippen LogP contribution in [0.5, 0.6) is 0 Å². The largest absolute Gasteiger partial charge is 0.498 e. The topological polar surface area (TPSA) is 26.3 Å². The summed E-state index contributed by atoms with van der Waals surface area (Å²) >= 11 is 0. The van der Waals surface area contributed by atoms with Crippen LogP contribution in [0.15, 0.2) is 11.3 Å². The van der Waals surface area contributed by atoms with Crippen LogP contribution < -0.4 is 0 Å². The lowest BCUT2D eigenvalue weighted by Crippen LogP contribution is -2.40. The zero-order valence-electron chi connectivity index (χ0n) is 10.9. The van der Waals surface area contributed by atoms with Crippen LogP contribution in [0.2, 0.25) is 0 Å². The minimum atomic E-state index is -0.0200. The van der Waals surface area contributed by atoms with E-state index < -0.39 is 0 Å². The van der Waals surface area contributed by atoms with Gasteiger partial charge in [-0.1, -0.05) is 13.3 Å². The third kappa shape index (κ3) is 1.49. The van der Waals surface area contributed by atoms with Gasteiger partial charge in [0.2, 0.25) is 0 Å². The molecule has 0 spiro atoms. The van der Waals surface area contributed by atoms with Crippen molar-refractivity contribution in [2.45, 2.75) is 52.4 Å². The Morgan fingerprint density at radius 1 is 1.35 bits per heavy atom. The summed E-state index contributed by atoms with van der Waals surface area (Å²) in [7, 11) is 0. The fourth-order valence-corrected chi connectivity index (χ4v) is 4.39. The zero-order chi connectivity index (χ0) is 12.0. The lowest BCUT2D eigenvalue weighted by Gasteiger charge is -2.43. The van der Waals surface area contributed by atoms with Gasteiger partial charge in [0, 0.05) is 11.8 Å². The third-order valence-corrected chi connectivity index (χ3v) is 5.34. The summed E-state index contributed by atoms with van der Waals surface area (Å²) in [6.07, 6.45) is 6.67. The van der Waals surface area contributed by atoms with Gasteiger partial charge < -0.3 is 4.74 Å². The monoisotopic (exact) mass is 234 g/mol. The molecule has 3 aliphatic rings. The number of Topliss-reactive ketones (excluding diaryl/α,β-unsaturated/α-hetero) is 1. The molecule has 0 aromatic carbocycles. The van der Waals surface area contributed by atoms with Crippen molar-refractivity contribution in [2.75, 3.05) is 6.61 Å². The average molecular weight is 234 g/mol. The first-order valence-corrected chi connectivity index (χ1v) is 7.02. The SMILES string of the molecule is CC(=O)[C@@]12CCC[C@@H]1C1=C(CC2)OCC[C@H]1C. The first-order chi connectivity index (χ1) is 8.15. The molecule has 1 aliphatic heterocycles. The van der Waals surface area contributed by atoms with Gasteiger partial charge in [-0.3, -0.25) is 4.79 Å².